The molecule has 1 aromatic heterocycles. The third kappa shape index (κ3) is 5.08. The molecule has 1 aromatic rings. The molecule has 0 aromatic carbocycles. The molecule has 0 saturated carbocycles. The highest BCUT2D eigenvalue weighted by Gasteiger charge is 2.43. The molecular weight excluding hydrogens is 334 g/mol. The number of likely N-dealkylation sites (N-methyl/N-ethyl adjacent to an activating group) is 1. The zero-order valence-corrected chi connectivity index (χ0v) is 14.0. The molecule has 0 spiro atoms. The summed E-state index contributed by atoms with van der Waals surface area (Å²) in [6, 6.07) is -0.884. The van der Waals surface area contributed by atoms with Gasteiger partial charge in [0.15, 0.2) is 5.82 Å². The van der Waals surface area contributed by atoms with E-state index < -0.39 is 30.8 Å². The molecule has 2 rings (SSSR count). The molecule has 2 atom stereocenters. The molecule has 10 heteroatoms. The van der Waals surface area contributed by atoms with E-state index in [1.807, 2.05) is 6.92 Å². The number of ether oxygens (including phenoxy) is 1. The Hall–Kier alpha value is -1.32. The van der Waals surface area contributed by atoms with Crippen LogP contribution in [-0.4, -0.2) is 53.1 Å². The third-order valence-electron chi connectivity index (χ3n) is 3.42. The van der Waals surface area contributed by atoms with Gasteiger partial charge < -0.3 is 14.2 Å². The van der Waals surface area contributed by atoms with Gasteiger partial charge in [-0.15, -0.1) is 12.4 Å². The first-order chi connectivity index (χ1) is 10.3. The molecular formula is C13H21ClF2N4O3. The highest BCUT2D eigenvalue weighted by molar-refractivity contribution is 5.85. The van der Waals surface area contributed by atoms with E-state index in [-0.39, 0.29) is 30.9 Å². The lowest BCUT2D eigenvalue weighted by molar-refractivity contribution is -0.133. The number of nitrogens with zero attached hydrogens (tertiary/aromatic N) is 3. The normalized spacial score (nSPS) is 20.8. The van der Waals surface area contributed by atoms with E-state index in [1.165, 1.54) is 11.9 Å². The minimum absolute atomic E-state index is 0. The van der Waals surface area contributed by atoms with Gasteiger partial charge in [0.2, 0.25) is 11.8 Å². The summed E-state index contributed by atoms with van der Waals surface area (Å²) in [6.45, 7) is 3.75. The summed E-state index contributed by atoms with van der Waals surface area (Å²) in [5.41, 5.74) is 0. The summed E-state index contributed by atoms with van der Waals surface area (Å²) in [5.74, 6) is -2.63. The Morgan fingerprint density at radius 3 is 2.87 bits per heavy atom. The standard InChI is InChI=1S/C13H20F2N4O3.ClH/c1-4-21-8(2)11-17-10(22-18-11)6-19(3)12(20)9-5-13(14,15)7-16-9;/h8-9,16H,4-7H2,1-3H3;1H. The molecule has 23 heavy (non-hydrogen) atoms. The van der Waals surface area contributed by atoms with E-state index in [4.69, 9.17) is 9.26 Å². The van der Waals surface area contributed by atoms with E-state index >= 15 is 0 Å². The lowest BCUT2D eigenvalue weighted by atomic mass is 10.2. The summed E-state index contributed by atoms with van der Waals surface area (Å²) in [7, 11) is 1.51. The SMILES string of the molecule is CCOC(C)c1noc(CN(C)C(=O)C2CC(F)(F)CN2)n1.Cl. The van der Waals surface area contributed by atoms with E-state index in [0.29, 0.717) is 12.4 Å². The van der Waals surface area contributed by atoms with Crippen LogP contribution in [0.15, 0.2) is 4.52 Å². The second-order valence-electron chi connectivity index (χ2n) is 5.33. The number of hydrogen-bond donors (Lipinski definition) is 1. The zero-order chi connectivity index (χ0) is 16.3. The Morgan fingerprint density at radius 1 is 1.61 bits per heavy atom. The number of hydrogen-bond acceptors (Lipinski definition) is 6. The van der Waals surface area contributed by atoms with Crippen molar-refractivity contribution in [1.82, 2.24) is 20.4 Å². The number of alkyl halides is 2. The molecule has 0 radical (unpaired) electrons. The van der Waals surface area contributed by atoms with Crippen molar-refractivity contribution in [1.29, 1.82) is 0 Å². The van der Waals surface area contributed by atoms with Crippen LogP contribution in [0.5, 0.6) is 0 Å². The molecule has 2 heterocycles. The third-order valence-corrected chi connectivity index (χ3v) is 3.42. The van der Waals surface area contributed by atoms with E-state index in [0.717, 1.165) is 0 Å². The first-order valence-corrected chi connectivity index (χ1v) is 7.12. The first-order valence-electron chi connectivity index (χ1n) is 7.12. The van der Waals surface area contributed by atoms with Gasteiger partial charge in [-0.25, -0.2) is 8.78 Å². The Kier molecular flexibility index (Phi) is 6.84. The van der Waals surface area contributed by atoms with Gasteiger partial charge in [-0.05, 0) is 13.8 Å². The molecule has 0 aliphatic carbocycles. The number of carbonyl (C=O) groups is 1. The second kappa shape index (κ2) is 7.98. The van der Waals surface area contributed by atoms with Gasteiger partial charge in [-0.2, -0.15) is 4.98 Å². The fourth-order valence-corrected chi connectivity index (χ4v) is 2.26. The van der Waals surface area contributed by atoms with Crippen LogP contribution in [-0.2, 0) is 16.1 Å². The van der Waals surface area contributed by atoms with Gasteiger partial charge in [0.25, 0.3) is 5.92 Å². The Bertz CT molecular complexity index is 529. The largest absolute Gasteiger partial charge is 0.371 e. The van der Waals surface area contributed by atoms with Crippen LogP contribution >= 0.6 is 12.4 Å². The van der Waals surface area contributed by atoms with Crippen molar-refractivity contribution in [2.45, 2.75) is 44.9 Å². The van der Waals surface area contributed by atoms with Gasteiger partial charge in [-0.1, -0.05) is 5.16 Å². The Morgan fingerprint density at radius 2 is 2.30 bits per heavy atom. The molecule has 1 saturated heterocycles. The quantitative estimate of drug-likeness (QED) is 0.834. The number of halogens is 3. The van der Waals surface area contributed by atoms with Crippen LogP contribution in [0, 0.1) is 0 Å². The molecule has 1 aliphatic rings. The van der Waals surface area contributed by atoms with Crippen LogP contribution in [0.3, 0.4) is 0 Å². The molecule has 1 amide bonds. The molecule has 1 N–H and O–H groups in total. The maximum absolute atomic E-state index is 13.1. The van der Waals surface area contributed by atoms with Gasteiger partial charge in [0.05, 0.1) is 19.1 Å². The van der Waals surface area contributed by atoms with Crippen molar-refractivity contribution in [2.24, 2.45) is 0 Å². The van der Waals surface area contributed by atoms with Crippen molar-refractivity contribution >= 4 is 18.3 Å². The highest BCUT2D eigenvalue weighted by Crippen LogP contribution is 2.26. The molecule has 1 fully saturated rings. The van der Waals surface area contributed by atoms with Crippen LogP contribution in [0.1, 0.15) is 38.1 Å². The zero-order valence-electron chi connectivity index (χ0n) is 13.2. The lowest BCUT2D eigenvalue weighted by Crippen LogP contribution is -2.41. The summed E-state index contributed by atoms with van der Waals surface area (Å²) < 4.78 is 36.6. The number of aromatic nitrogens is 2. The minimum atomic E-state index is -2.84. The molecule has 2 unspecified atom stereocenters. The maximum atomic E-state index is 13.1. The predicted octanol–water partition coefficient (Wildman–Crippen LogP) is 1.54. The molecule has 0 bridgehead atoms. The Labute approximate surface area is 139 Å². The van der Waals surface area contributed by atoms with Crippen molar-refractivity contribution in [2.75, 3.05) is 20.2 Å². The summed E-state index contributed by atoms with van der Waals surface area (Å²) in [6.07, 6.45) is -0.800. The fourth-order valence-electron chi connectivity index (χ4n) is 2.26. The number of nitrogens with one attached hydrogen (secondary N) is 1. The van der Waals surface area contributed by atoms with Gasteiger partial charge >= 0.3 is 0 Å². The van der Waals surface area contributed by atoms with E-state index in [9.17, 15) is 13.6 Å². The van der Waals surface area contributed by atoms with Crippen LogP contribution < -0.4 is 5.32 Å². The number of carbonyl (C=O) groups excluding carboxylic acids is 1. The highest BCUT2D eigenvalue weighted by atomic mass is 35.5. The summed E-state index contributed by atoms with van der Waals surface area (Å²) >= 11 is 0. The predicted molar refractivity (Wildman–Crippen MR) is 79.4 cm³/mol. The van der Waals surface area contributed by atoms with Crippen LogP contribution in [0.4, 0.5) is 8.78 Å². The van der Waals surface area contributed by atoms with Crippen molar-refractivity contribution in [3.63, 3.8) is 0 Å². The van der Waals surface area contributed by atoms with Gasteiger partial charge in [-0.3, -0.25) is 10.1 Å². The second-order valence-corrected chi connectivity index (χ2v) is 5.33. The summed E-state index contributed by atoms with van der Waals surface area (Å²) in [5, 5.41) is 6.31. The van der Waals surface area contributed by atoms with E-state index in [1.54, 1.807) is 6.92 Å². The monoisotopic (exact) mass is 354 g/mol. The lowest BCUT2D eigenvalue weighted by Gasteiger charge is -2.19. The van der Waals surface area contributed by atoms with Crippen molar-refractivity contribution < 1.29 is 22.8 Å². The smallest absolute Gasteiger partial charge is 0.262 e. The van der Waals surface area contributed by atoms with Gasteiger partial charge in [0, 0.05) is 20.1 Å². The van der Waals surface area contributed by atoms with E-state index in [2.05, 4.69) is 15.5 Å². The fraction of sp³-hybridized carbons (Fsp3) is 0.769. The molecule has 7 nitrogen and oxygen atoms in total. The maximum Gasteiger partial charge on any atom is 0.262 e. The average Bonchev–Trinajstić information content (AvgIpc) is 3.04. The minimum Gasteiger partial charge on any atom is -0.371 e. The summed E-state index contributed by atoms with van der Waals surface area (Å²) in [4.78, 5) is 17.5. The Balaban J connectivity index is 0.00000264. The molecule has 132 valence electrons. The topological polar surface area (TPSA) is 80.5 Å². The average molecular weight is 355 g/mol. The van der Waals surface area contributed by atoms with Crippen molar-refractivity contribution in [3.05, 3.63) is 11.7 Å². The van der Waals surface area contributed by atoms with Crippen molar-refractivity contribution in [3.8, 4) is 0 Å². The number of amides is 1. The number of rotatable bonds is 6. The van der Waals surface area contributed by atoms with Gasteiger partial charge in [0.1, 0.15) is 6.10 Å². The van der Waals surface area contributed by atoms with Crippen LogP contribution in [0.2, 0.25) is 0 Å². The molecule has 1 aliphatic heterocycles. The first kappa shape index (κ1) is 19.7. The van der Waals surface area contributed by atoms with Crippen LogP contribution in [0.25, 0.3) is 0 Å².